The van der Waals surface area contributed by atoms with E-state index in [0.29, 0.717) is 18.7 Å². The van der Waals surface area contributed by atoms with Gasteiger partial charge in [0.1, 0.15) is 0 Å². The first-order chi connectivity index (χ1) is 9.70. The van der Waals surface area contributed by atoms with Crippen molar-refractivity contribution in [3.8, 4) is 11.8 Å². The fraction of sp³-hybridized carbons (Fsp3) is 0.188. The van der Waals surface area contributed by atoms with Gasteiger partial charge in [-0.15, -0.1) is 11.3 Å². The van der Waals surface area contributed by atoms with Crippen LogP contribution in [-0.4, -0.2) is 12.5 Å². The summed E-state index contributed by atoms with van der Waals surface area (Å²) in [4.78, 5) is 13.1. The molecule has 0 saturated carbocycles. The fourth-order valence-electron chi connectivity index (χ4n) is 1.70. The molecule has 3 N–H and O–H groups in total. The number of hydrogen-bond donors (Lipinski definition) is 2. The second kappa shape index (κ2) is 6.90. The Labute approximate surface area is 122 Å². The maximum absolute atomic E-state index is 12.0. The standard InChI is InChI=1S/C16H16N2OS/c1-12-4-6-14(7-5-12)16(19)18-11-15-13(3-2-9-17)8-10-20-15/h4-8,10H,9,11,17H2,1H3,(H,18,19). The third-order valence-electron chi connectivity index (χ3n) is 2.79. The van der Waals surface area contributed by atoms with E-state index in [1.54, 1.807) is 11.3 Å². The maximum atomic E-state index is 12.0. The number of thiophene rings is 1. The summed E-state index contributed by atoms with van der Waals surface area (Å²) >= 11 is 1.58. The summed E-state index contributed by atoms with van der Waals surface area (Å²) in [5.41, 5.74) is 8.11. The first kappa shape index (κ1) is 14.3. The Kier molecular flexibility index (Phi) is 4.94. The van der Waals surface area contributed by atoms with E-state index in [-0.39, 0.29) is 5.91 Å². The summed E-state index contributed by atoms with van der Waals surface area (Å²) in [7, 11) is 0. The van der Waals surface area contributed by atoms with E-state index in [1.807, 2.05) is 42.6 Å². The predicted molar refractivity (Wildman–Crippen MR) is 82.6 cm³/mol. The molecule has 0 fully saturated rings. The molecule has 1 aromatic carbocycles. The highest BCUT2D eigenvalue weighted by Crippen LogP contribution is 2.15. The predicted octanol–water partition coefficient (Wildman–Crippen LogP) is 2.30. The highest BCUT2D eigenvalue weighted by Gasteiger charge is 2.07. The number of benzene rings is 1. The minimum atomic E-state index is -0.0730. The van der Waals surface area contributed by atoms with Crippen molar-refractivity contribution < 1.29 is 4.79 Å². The molecule has 3 nitrogen and oxygen atoms in total. The minimum absolute atomic E-state index is 0.0730. The number of hydrogen-bond acceptors (Lipinski definition) is 3. The van der Waals surface area contributed by atoms with Crippen molar-refractivity contribution in [3.63, 3.8) is 0 Å². The molecule has 20 heavy (non-hydrogen) atoms. The first-order valence-electron chi connectivity index (χ1n) is 6.31. The lowest BCUT2D eigenvalue weighted by atomic mass is 10.1. The SMILES string of the molecule is Cc1ccc(C(=O)NCc2sccc2C#CCN)cc1. The average Bonchev–Trinajstić information content (AvgIpc) is 2.90. The van der Waals surface area contributed by atoms with E-state index in [4.69, 9.17) is 5.73 Å². The monoisotopic (exact) mass is 284 g/mol. The number of carbonyl (C=O) groups is 1. The summed E-state index contributed by atoms with van der Waals surface area (Å²) in [5, 5.41) is 4.88. The van der Waals surface area contributed by atoms with Crippen LogP contribution in [0.25, 0.3) is 0 Å². The van der Waals surface area contributed by atoms with Crippen LogP contribution in [0.4, 0.5) is 0 Å². The van der Waals surface area contributed by atoms with E-state index in [1.165, 1.54) is 0 Å². The normalized spacial score (nSPS) is 9.70. The third-order valence-corrected chi connectivity index (χ3v) is 3.71. The van der Waals surface area contributed by atoms with E-state index < -0.39 is 0 Å². The average molecular weight is 284 g/mol. The van der Waals surface area contributed by atoms with Gasteiger partial charge in [0.05, 0.1) is 13.1 Å². The Balaban J connectivity index is 2.00. The van der Waals surface area contributed by atoms with E-state index >= 15 is 0 Å². The van der Waals surface area contributed by atoms with Crippen LogP contribution in [0.5, 0.6) is 0 Å². The molecule has 0 saturated heterocycles. The lowest BCUT2D eigenvalue weighted by molar-refractivity contribution is 0.0951. The van der Waals surface area contributed by atoms with Gasteiger partial charge in [0.2, 0.25) is 0 Å². The van der Waals surface area contributed by atoms with Crippen LogP contribution >= 0.6 is 11.3 Å². The highest BCUT2D eigenvalue weighted by molar-refractivity contribution is 7.10. The zero-order valence-corrected chi connectivity index (χ0v) is 12.1. The first-order valence-corrected chi connectivity index (χ1v) is 7.19. The Morgan fingerprint density at radius 2 is 2.05 bits per heavy atom. The van der Waals surface area contributed by atoms with Crippen molar-refractivity contribution in [1.82, 2.24) is 5.32 Å². The van der Waals surface area contributed by atoms with Gasteiger partial charge in [-0.3, -0.25) is 4.79 Å². The molecule has 2 aromatic rings. The lowest BCUT2D eigenvalue weighted by Crippen LogP contribution is -2.22. The van der Waals surface area contributed by atoms with Crippen LogP contribution in [0, 0.1) is 18.8 Å². The largest absolute Gasteiger partial charge is 0.347 e. The minimum Gasteiger partial charge on any atom is -0.347 e. The van der Waals surface area contributed by atoms with Crippen molar-refractivity contribution in [2.45, 2.75) is 13.5 Å². The van der Waals surface area contributed by atoms with E-state index in [9.17, 15) is 4.79 Å². The van der Waals surface area contributed by atoms with Crippen molar-refractivity contribution in [2.75, 3.05) is 6.54 Å². The van der Waals surface area contributed by atoms with Gasteiger partial charge in [0.25, 0.3) is 5.91 Å². The molecule has 0 aliphatic heterocycles. The van der Waals surface area contributed by atoms with Crippen molar-refractivity contribution in [2.24, 2.45) is 5.73 Å². The molecule has 0 spiro atoms. The summed E-state index contributed by atoms with van der Waals surface area (Å²) in [6, 6.07) is 9.46. The molecular weight excluding hydrogens is 268 g/mol. The summed E-state index contributed by atoms with van der Waals surface area (Å²) in [5.74, 6) is 5.76. The topological polar surface area (TPSA) is 55.1 Å². The van der Waals surface area contributed by atoms with Gasteiger partial charge in [-0.2, -0.15) is 0 Å². The second-order valence-corrected chi connectivity index (χ2v) is 5.31. The van der Waals surface area contributed by atoms with Crippen LogP contribution in [0.3, 0.4) is 0 Å². The molecule has 0 radical (unpaired) electrons. The molecular formula is C16H16N2OS. The Morgan fingerprint density at radius 1 is 1.30 bits per heavy atom. The molecule has 0 atom stereocenters. The maximum Gasteiger partial charge on any atom is 0.251 e. The molecule has 0 aliphatic carbocycles. The molecule has 102 valence electrons. The Bertz CT molecular complexity index is 647. The van der Waals surface area contributed by atoms with E-state index in [2.05, 4.69) is 17.2 Å². The molecule has 1 aromatic heterocycles. The zero-order chi connectivity index (χ0) is 14.4. The molecule has 4 heteroatoms. The molecule has 0 bridgehead atoms. The summed E-state index contributed by atoms with van der Waals surface area (Å²) < 4.78 is 0. The van der Waals surface area contributed by atoms with Crippen molar-refractivity contribution >= 4 is 17.2 Å². The Hall–Kier alpha value is -2.09. The lowest BCUT2D eigenvalue weighted by Gasteiger charge is -2.04. The number of rotatable bonds is 3. The van der Waals surface area contributed by atoms with E-state index in [0.717, 1.165) is 16.0 Å². The summed E-state index contributed by atoms with van der Waals surface area (Å²) in [6.07, 6.45) is 0. The second-order valence-electron chi connectivity index (χ2n) is 4.31. The van der Waals surface area contributed by atoms with Gasteiger partial charge in [0, 0.05) is 16.0 Å². The van der Waals surface area contributed by atoms with Crippen molar-refractivity contribution in [1.29, 1.82) is 0 Å². The van der Waals surface area contributed by atoms with Crippen molar-refractivity contribution in [3.05, 3.63) is 57.3 Å². The van der Waals surface area contributed by atoms with Gasteiger partial charge in [0.15, 0.2) is 0 Å². The summed E-state index contributed by atoms with van der Waals surface area (Å²) in [6.45, 7) is 2.82. The molecule has 1 heterocycles. The van der Waals surface area contributed by atoms with Crippen LogP contribution in [0.15, 0.2) is 35.7 Å². The zero-order valence-electron chi connectivity index (χ0n) is 11.3. The molecule has 0 unspecified atom stereocenters. The Morgan fingerprint density at radius 3 is 2.75 bits per heavy atom. The number of carbonyl (C=O) groups excluding carboxylic acids is 1. The molecule has 1 amide bonds. The van der Waals surface area contributed by atoms with Gasteiger partial charge < -0.3 is 11.1 Å². The van der Waals surface area contributed by atoms with Gasteiger partial charge in [-0.1, -0.05) is 29.5 Å². The number of aryl methyl sites for hydroxylation is 1. The molecule has 2 rings (SSSR count). The van der Waals surface area contributed by atoms with Crippen LogP contribution in [0.2, 0.25) is 0 Å². The molecule has 0 aliphatic rings. The van der Waals surface area contributed by atoms with Gasteiger partial charge in [-0.05, 0) is 30.5 Å². The number of nitrogens with two attached hydrogens (primary N) is 1. The van der Waals surface area contributed by atoms with Crippen LogP contribution in [-0.2, 0) is 6.54 Å². The van der Waals surface area contributed by atoms with Crippen LogP contribution in [0.1, 0.15) is 26.4 Å². The van der Waals surface area contributed by atoms with Crippen LogP contribution < -0.4 is 11.1 Å². The van der Waals surface area contributed by atoms with Gasteiger partial charge >= 0.3 is 0 Å². The highest BCUT2D eigenvalue weighted by atomic mass is 32.1. The quantitative estimate of drug-likeness (QED) is 0.850. The van der Waals surface area contributed by atoms with Gasteiger partial charge in [-0.25, -0.2) is 0 Å². The number of amides is 1. The number of nitrogens with one attached hydrogen (secondary N) is 1. The smallest absolute Gasteiger partial charge is 0.251 e. The third kappa shape index (κ3) is 3.70. The fourth-order valence-corrected chi connectivity index (χ4v) is 2.47.